The van der Waals surface area contributed by atoms with E-state index in [9.17, 15) is 8.42 Å². The third kappa shape index (κ3) is 6.64. The first-order chi connectivity index (χ1) is 18.6. The minimum Gasteiger partial charge on any atom is -0.488 e. The summed E-state index contributed by atoms with van der Waals surface area (Å²) in [6.45, 7) is 7.88. The number of sulfone groups is 1. The summed E-state index contributed by atoms with van der Waals surface area (Å²) < 4.78 is 33.7. The van der Waals surface area contributed by atoms with Gasteiger partial charge in [-0.15, -0.1) is 0 Å². The number of aryl methyl sites for hydroxylation is 2. The molecule has 0 radical (unpaired) electrons. The number of hydrogen-bond acceptors (Lipinski definition) is 9. The highest BCUT2D eigenvalue weighted by molar-refractivity contribution is 7.91. The zero-order valence-corrected chi connectivity index (χ0v) is 24.4. The Hall–Kier alpha value is -2.89. The van der Waals surface area contributed by atoms with E-state index in [0.717, 1.165) is 50.2 Å². The van der Waals surface area contributed by atoms with Crippen LogP contribution >= 0.6 is 11.6 Å². The van der Waals surface area contributed by atoms with Crippen LogP contribution in [0, 0.1) is 12.8 Å². The minimum atomic E-state index is -3.61. The standard InChI is InChI=1S/C27H36ClN7O3S/c1-16(2)15-39(36,37)26-23(14-35(4)34-26)31-25-21(28)13-30-27(33-25)32-22-11-17(3)20(18-7-9-29-10-8-18)12-24(22)38-19-5-6-19/h11-14,16,18-19,29H,5-10,15H2,1-4H3,(H2,30,31,32,33). The van der Waals surface area contributed by atoms with Crippen molar-refractivity contribution in [3.05, 3.63) is 40.7 Å². The molecule has 2 aromatic heterocycles. The van der Waals surface area contributed by atoms with Crippen LogP contribution in [0.3, 0.4) is 0 Å². The van der Waals surface area contributed by atoms with Gasteiger partial charge in [0.05, 0.1) is 29.4 Å². The summed E-state index contributed by atoms with van der Waals surface area (Å²) in [5.41, 5.74) is 3.61. The second-order valence-electron chi connectivity index (χ2n) is 10.9. The Morgan fingerprint density at radius 1 is 1.15 bits per heavy atom. The van der Waals surface area contributed by atoms with Crippen molar-refractivity contribution in [2.24, 2.45) is 13.0 Å². The second kappa shape index (κ2) is 11.3. The van der Waals surface area contributed by atoms with Crippen molar-refractivity contribution in [2.45, 2.75) is 63.5 Å². The first kappa shape index (κ1) is 27.7. The number of piperidine rings is 1. The Balaban J connectivity index is 1.43. The first-order valence-corrected chi connectivity index (χ1v) is 15.5. The lowest BCUT2D eigenvalue weighted by Gasteiger charge is -2.26. The van der Waals surface area contributed by atoms with Gasteiger partial charge in [-0.1, -0.05) is 25.4 Å². The summed E-state index contributed by atoms with van der Waals surface area (Å²) in [4.78, 5) is 8.95. The van der Waals surface area contributed by atoms with Gasteiger partial charge < -0.3 is 20.7 Å². The van der Waals surface area contributed by atoms with Crippen molar-refractivity contribution in [3.8, 4) is 5.75 Å². The number of nitrogens with zero attached hydrogens (tertiary/aromatic N) is 4. The van der Waals surface area contributed by atoms with E-state index in [-0.39, 0.29) is 33.6 Å². The number of hydrogen-bond donors (Lipinski definition) is 3. The molecule has 3 aromatic rings. The minimum absolute atomic E-state index is 0.0144. The van der Waals surface area contributed by atoms with Crippen LogP contribution in [0.15, 0.2) is 29.6 Å². The molecule has 2 aliphatic rings. The molecule has 1 aliphatic heterocycles. The maximum Gasteiger partial charge on any atom is 0.229 e. The van der Waals surface area contributed by atoms with Gasteiger partial charge in [0.1, 0.15) is 10.8 Å². The Kier molecular flexibility index (Phi) is 8.02. The second-order valence-corrected chi connectivity index (χ2v) is 13.2. The fourth-order valence-corrected chi connectivity index (χ4v) is 6.77. The van der Waals surface area contributed by atoms with Gasteiger partial charge in [0.15, 0.2) is 15.7 Å². The summed E-state index contributed by atoms with van der Waals surface area (Å²) in [6.07, 6.45) is 7.63. The maximum absolute atomic E-state index is 13.0. The highest BCUT2D eigenvalue weighted by Gasteiger charge is 2.27. The molecule has 210 valence electrons. The lowest BCUT2D eigenvalue weighted by Crippen LogP contribution is -2.27. The number of benzene rings is 1. The quantitative estimate of drug-likeness (QED) is 0.304. The Bertz CT molecular complexity index is 1450. The smallest absolute Gasteiger partial charge is 0.229 e. The molecule has 0 unspecified atom stereocenters. The topological polar surface area (TPSA) is 123 Å². The number of rotatable bonds is 10. The number of nitrogens with one attached hydrogen (secondary N) is 3. The predicted octanol–water partition coefficient (Wildman–Crippen LogP) is 5.10. The average molecular weight is 574 g/mol. The summed E-state index contributed by atoms with van der Waals surface area (Å²) in [6, 6.07) is 4.26. The van der Waals surface area contributed by atoms with E-state index < -0.39 is 9.84 Å². The molecule has 1 aromatic carbocycles. The van der Waals surface area contributed by atoms with Crippen LogP contribution in [0.5, 0.6) is 5.75 Å². The molecule has 0 amide bonds. The molecule has 1 saturated heterocycles. The van der Waals surface area contributed by atoms with Gasteiger partial charge in [0.2, 0.25) is 11.0 Å². The zero-order chi connectivity index (χ0) is 27.7. The lowest BCUT2D eigenvalue weighted by atomic mass is 9.87. The van der Waals surface area contributed by atoms with Crippen LogP contribution in [0.1, 0.15) is 56.6 Å². The molecular formula is C27H36ClN7O3S. The zero-order valence-electron chi connectivity index (χ0n) is 22.8. The van der Waals surface area contributed by atoms with Gasteiger partial charge in [-0.25, -0.2) is 13.4 Å². The number of halogens is 1. The van der Waals surface area contributed by atoms with Crippen LogP contribution in [0.25, 0.3) is 0 Å². The molecule has 3 heterocycles. The highest BCUT2D eigenvalue weighted by atomic mass is 35.5. The van der Waals surface area contributed by atoms with Gasteiger partial charge in [0, 0.05) is 13.2 Å². The largest absolute Gasteiger partial charge is 0.488 e. The maximum atomic E-state index is 13.0. The summed E-state index contributed by atoms with van der Waals surface area (Å²) in [5.74, 6) is 1.83. The van der Waals surface area contributed by atoms with Gasteiger partial charge in [-0.2, -0.15) is 10.1 Å². The Morgan fingerprint density at radius 2 is 1.90 bits per heavy atom. The average Bonchev–Trinajstić information content (AvgIpc) is 3.61. The molecule has 12 heteroatoms. The fourth-order valence-electron chi connectivity index (χ4n) is 4.90. The van der Waals surface area contributed by atoms with E-state index in [1.807, 2.05) is 13.8 Å². The van der Waals surface area contributed by atoms with Crippen molar-refractivity contribution in [1.29, 1.82) is 0 Å². The molecule has 0 atom stereocenters. The van der Waals surface area contributed by atoms with E-state index >= 15 is 0 Å². The molecule has 1 aliphatic carbocycles. The molecule has 1 saturated carbocycles. The normalized spacial score (nSPS) is 16.5. The van der Waals surface area contributed by atoms with Gasteiger partial charge in [0.25, 0.3) is 0 Å². The summed E-state index contributed by atoms with van der Waals surface area (Å²) in [5, 5.41) is 14.2. The first-order valence-electron chi connectivity index (χ1n) is 13.4. The molecule has 2 fully saturated rings. The van der Waals surface area contributed by atoms with E-state index in [4.69, 9.17) is 16.3 Å². The van der Waals surface area contributed by atoms with Crippen LogP contribution in [0.4, 0.5) is 23.1 Å². The SMILES string of the molecule is Cc1cc(Nc2ncc(Cl)c(Nc3cn(C)nc3S(=O)(=O)CC(C)C)n2)c(OC2CC2)cc1C1CCNCC1. The third-order valence-corrected chi connectivity index (χ3v) is 9.12. The highest BCUT2D eigenvalue weighted by Crippen LogP contribution is 2.39. The predicted molar refractivity (Wildman–Crippen MR) is 153 cm³/mol. The molecule has 0 bridgehead atoms. The van der Waals surface area contributed by atoms with Crippen molar-refractivity contribution >= 4 is 44.6 Å². The molecule has 3 N–H and O–H groups in total. The number of ether oxygens (including phenoxy) is 1. The molecule has 10 nitrogen and oxygen atoms in total. The van der Waals surface area contributed by atoms with E-state index in [1.54, 1.807) is 13.2 Å². The van der Waals surface area contributed by atoms with Gasteiger partial charge in [-0.05, 0) is 80.8 Å². The summed E-state index contributed by atoms with van der Waals surface area (Å²) >= 11 is 6.43. The fraction of sp³-hybridized carbons (Fsp3) is 0.519. The molecule has 39 heavy (non-hydrogen) atoms. The van der Waals surface area contributed by atoms with E-state index in [0.29, 0.717) is 17.6 Å². The van der Waals surface area contributed by atoms with Crippen molar-refractivity contribution in [3.63, 3.8) is 0 Å². The summed E-state index contributed by atoms with van der Waals surface area (Å²) in [7, 11) is -1.94. The number of aromatic nitrogens is 4. The monoisotopic (exact) mass is 573 g/mol. The van der Waals surface area contributed by atoms with Crippen molar-refractivity contribution in [1.82, 2.24) is 25.1 Å². The molecule has 0 spiro atoms. The Labute approximate surface area is 234 Å². The lowest BCUT2D eigenvalue weighted by molar-refractivity contribution is 0.304. The van der Waals surface area contributed by atoms with Crippen LogP contribution < -0.4 is 20.7 Å². The van der Waals surface area contributed by atoms with Crippen molar-refractivity contribution < 1.29 is 13.2 Å². The third-order valence-electron chi connectivity index (χ3n) is 6.85. The van der Waals surface area contributed by atoms with Crippen LogP contribution in [-0.4, -0.2) is 53.1 Å². The van der Waals surface area contributed by atoms with E-state index in [1.165, 1.54) is 22.0 Å². The van der Waals surface area contributed by atoms with Gasteiger partial charge >= 0.3 is 0 Å². The van der Waals surface area contributed by atoms with Crippen LogP contribution in [-0.2, 0) is 16.9 Å². The van der Waals surface area contributed by atoms with Crippen molar-refractivity contribution in [2.75, 3.05) is 29.5 Å². The molecular weight excluding hydrogens is 538 g/mol. The van der Waals surface area contributed by atoms with Gasteiger partial charge in [-0.3, -0.25) is 4.68 Å². The Morgan fingerprint density at radius 3 is 2.59 bits per heavy atom. The number of anilines is 4. The van der Waals surface area contributed by atoms with Crippen LogP contribution in [0.2, 0.25) is 5.02 Å². The van der Waals surface area contributed by atoms with E-state index in [2.05, 4.69) is 50.1 Å². The molecule has 5 rings (SSSR count).